The Morgan fingerprint density at radius 3 is 2.36 bits per heavy atom. The average molecular weight is 495 g/mol. The van der Waals surface area contributed by atoms with E-state index in [1.165, 1.54) is 39.2 Å². The summed E-state index contributed by atoms with van der Waals surface area (Å²) in [4.78, 5) is 25.3. The summed E-state index contributed by atoms with van der Waals surface area (Å²) < 4.78 is 4.90. The second kappa shape index (κ2) is 10.8. The van der Waals surface area contributed by atoms with Gasteiger partial charge in [-0.05, 0) is 111 Å². The van der Waals surface area contributed by atoms with Gasteiger partial charge in [0, 0.05) is 31.1 Å². The first-order valence-corrected chi connectivity index (χ1v) is 14.6. The monoisotopic (exact) mass is 494 g/mol. The van der Waals surface area contributed by atoms with Crippen LogP contribution in [0.2, 0.25) is 0 Å². The first-order valence-electron chi connectivity index (χ1n) is 14.6. The lowest BCUT2D eigenvalue weighted by Gasteiger charge is -2.62. The highest BCUT2D eigenvalue weighted by Crippen LogP contribution is 2.69. The summed E-state index contributed by atoms with van der Waals surface area (Å²) >= 11 is 0. The van der Waals surface area contributed by atoms with Gasteiger partial charge in [0.25, 0.3) is 0 Å². The number of ketones is 1. The Morgan fingerprint density at radius 2 is 1.67 bits per heavy atom. The van der Waals surface area contributed by atoms with Crippen LogP contribution in [0.5, 0.6) is 0 Å². The van der Waals surface area contributed by atoms with Crippen molar-refractivity contribution in [1.82, 2.24) is 0 Å². The van der Waals surface area contributed by atoms with Crippen LogP contribution >= 0.6 is 0 Å². The lowest BCUT2D eigenvalue weighted by molar-refractivity contribution is -0.161. The fourth-order valence-electron chi connectivity index (χ4n) is 10.3. The molecular weight excluding hydrogens is 448 g/mol. The van der Waals surface area contributed by atoms with Crippen molar-refractivity contribution in [2.75, 3.05) is 7.11 Å². The van der Waals surface area contributed by atoms with Gasteiger partial charge < -0.3 is 4.74 Å². The fourth-order valence-corrected chi connectivity index (χ4v) is 10.3. The summed E-state index contributed by atoms with van der Waals surface area (Å²) in [5.41, 5.74) is 0.470. The third-order valence-corrected chi connectivity index (χ3v) is 11.8. The highest BCUT2D eigenvalue weighted by atomic mass is 16.5. The van der Waals surface area contributed by atoms with Gasteiger partial charge in [0.15, 0.2) is 0 Å². The summed E-state index contributed by atoms with van der Waals surface area (Å²) in [7, 11) is 1.48. The average Bonchev–Trinajstić information content (AvgIpc) is 3.23. The number of esters is 1. The number of fused-ring (bicyclic) bond motifs is 5. The molecule has 4 saturated carbocycles. The van der Waals surface area contributed by atoms with Gasteiger partial charge >= 0.3 is 5.97 Å². The van der Waals surface area contributed by atoms with Gasteiger partial charge in [-0.25, -0.2) is 0 Å². The zero-order chi connectivity index (χ0) is 26.1. The molecule has 0 heterocycles. The summed E-state index contributed by atoms with van der Waals surface area (Å²) in [6, 6.07) is 4.57. The van der Waals surface area contributed by atoms with Crippen LogP contribution in [0, 0.1) is 80.8 Å². The molecule has 0 aromatic carbocycles. The van der Waals surface area contributed by atoms with Crippen molar-refractivity contribution in [2.45, 2.75) is 104 Å². The molecule has 0 aromatic heterocycles. The maximum Gasteiger partial charge on any atom is 0.305 e. The fraction of sp³-hybridized carbons (Fsp3) is 0.871. The molecule has 0 aromatic rings. The van der Waals surface area contributed by atoms with E-state index in [1.807, 2.05) is 0 Å². The van der Waals surface area contributed by atoms with Crippen LogP contribution in [0.3, 0.4) is 0 Å². The number of ether oxygens (including phenoxy) is 1. The minimum absolute atomic E-state index is 0.00368. The molecule has 10 atom stereocenters. The molecule has 0 bridgehead atoms. The van der Waals surface area contributed by atoms with E-state index in [-0.39, 0.29) is 23.2 Å². The molecule has 0 saturated heterocycles. The zero-order valence-corrected chi connectivity index (χ0v) is 22.9. The Balaban J connectivity index is 1.55. The van der Waals surface area contributed by atoms with Crippen LogP contribution in [0.15, 0.2) is 0 Å². The van der Waals surface area contributed by atoms with Crippen molar-refractivity contribution < 1.29 is 14.3 Å². The predicted molar refractivity (Wildman–Crippen MR) is 138 cm³/mol. The topological polar surface area (TPSA) is 90.9 Å². The summed E-state index contributed by atoms with van der Waals surface area (Å²) in [5, 5.41) is 18.5. The van der Waals surface area contributed by atoms with Crippen molar-refractivity contribution in [3.05, 3.63) is 0 Å². The molecule has 4 rings (SSSR count). The minimum Gasteiger partial charge on any atom is -0.469 e. The molecule has 5 heteroatoms. The number of hydrogen-bond acceptors (Lipinski definition) is 5. The molecule has 4 fully saturated rings. The minimum atomic E-state index is -0.0970. The molecule has 0 radical (unpaired) electrons. The van der Waals surface area contributed by atoms with E-state index in [2.05, 4.69) is 32.9 Å². The number of nitrogens with zero attached hydrogens (tertiary/aromatic N) is 2. The largest absolute Gasteiger partial charge is 0.469 e. The molecule has 0 N–H and O–H groups in total. The van der Waals surface area contributed by atoms with E-state index < -0.39 is 0 Å². The molecule has 4 aliphatic carbocycles. The van der Waals surface area contributed by atoms with Crippen molar-refractivity contribution in [2.24, 2.45) is 58.2 Å². The van der Waals surface area contributed by atoms with E-state index in [1.54, 1.807) is 0 Å². The number of rotatable bonds is 8. The number of methoxy groups -OCH3 is 1. The molecule has 0 spiro atoms. The maximum atomic E-state index is 13.5. The quantitative estimate of drug-likeness (QED) is 0.344. The Kier molecular flexibility index (Phi) is 8.19. The van der Waals surface area contributed by atoms with Crippen molar-refractivity contribution in [1.29, 1.82) is 10.5 Å². The number of hydrogen-bond donors (Lipinski definition) is 0. The summed E-state index contributed by atoms with van der Waals surface area (Å²) in [6.45, 7) is 7.37. The first kappa shape index (κ1) is 27.2. The predicted octanol–water partition coefficient (Wildman–Crippen LogP) is 6.86. The van der Waals surface area contributed by atoms with Crippen LogP contribution in [0.25, 0.3) is 0 Å². The van der Waals surface area contributed by atoms with Crippen LogP contribution in [0.4, 0.5) is 0 Å². The van der Waals surface area contributed by atoms with E-state index >= 15 is 0 Å². The van der Waals surface area contributed by atoms with Crippen molar-refractivity contribution in [3.8, 4) is 12.1 Å². The number of Topliss-reactive ketones (excluding diaryl/α,β-unsaturated/α-hetero) is 1. The van der Waals surface area contributed by atoms with Crippen molar-refractivity contribution in [3.63, 3.8) is 0 Å². The number of carbonyl (C=O) groups excluding carboxylic acids is 2. The van der Waals surface area contributed by atoms with E-state index in [4.69, 9.17) is 4.74 Å². The highest BCUT2D eigenvalue weighted by Gasteiger charge is 2.63. The summed E-state index contributed by atoms with van der Waals surface area (Å²) in [5.74, 6) is 3.89. The molecular formula is C31H46N2O3. The molecule has 5 nitrogen and oxygen atoms in total. The van der Waals surface area contributed by atoms with E-state index in [0.29, 0.717) is 72.9 Å². The standard InChI is InChI=1S/C31H46N2O3/c1-20(9-14-28(34)36-4)24-12-13-25-22-10-11-26-23(8-6-18-33)29(35)21(7-5-17-32)19-31(26,3)27(22)15-16-30(24,25)2/h20-27H,5-16,19H2,1-4H3/t20-,21+,22+,23-,24-,25+,26?,27+,30-,31+/m1/s1. The van der Waals surface area contributed by atoms with Crippen molar-refractivity contribution >= 4 is 11.8 Å². The van der Waals surface area contributed by atoms with Gasteiger partial charge in [0.05, 0.1) is 19.2 Å². The van der Waals surface area contributed by atoms with Crippen LogP contribution in [-0.2, 0) is 14.3 Å². The van der Waals surface area contributed by atoms with Crippen LogP contribution in [-0.4, -0.2) is 18.9 Å². The van der Waals surface area contributed by atoms with Crippen LogP contribution < -0.4 is 0 Å². The van der Waals surface area contributed by atoms with Gasteiger partial charge in [-0.2, -0.15) is 10.5 Å². The molecule has 0 aliphatic heterocycles. The third kappa shape index (κ3) is 4.61. The molecule has 36 heavy (non-hydrogen) atoms. The normalized spacial score (nSPS) is 42.3. The zero-order valence-electron chi connectivity index (χ0n) is 22.9. The second-order valence-electron chi connectivity index (χ2n) is 13.2. The van der Waals surface area contributed by atoms with E-state index in [0.717, 1.165) is 25.2 Å². The van der Waals surface area contributed by atoms with Gasteiger partial charge in [0.1, 0.15) is 5.78 Å². The first-order chi connectivity index (χ1) is 17.2. The number of carbonyl (C=O) groups is 2. The Bertz CT molecular complexity index is 918. The molecule has 198 valence electrons. The lowest BCUT2D eigenvalue weighted by Crippen LogP contribution is -2.57. The Hall–Kier alpha value is -1.88. The SMILES string of the molecule is COC(=O)CC[C@@H](C)[C@H]1CC[C@H]2[C@@H]3CCC4[C@@H](CCC#N)C(=O)[C@@H](CCC#N)C[C@]4(C)[C@H]3CC[C@]12C. The Morgan fingerprint density at radius 1 is 1.00 bits per heavy atom. The van der Waals surface area contributed by atoms with Gasteiger partial charge in [0.2, 0.25) is 0 Å². The van der Waals surface area contributed by atoms with Gasteiger partial charge in [-0.3, -0.25) is 9.59 Å². The highest BCUT2D eigenvalue weighted by molar-refractivity contribution is 5.85. The van der Waals surface area contributed by atoms with Gasteiger partial charge in [-0.1, -0.05) is 20.8 Å². The molecule has 1 unspecified atom stereocenters. The molecule has 0 amide bonds. The maximum absolute atomic E-state index is 13.5. The Labute approximate surface area is 218 Å². The second-order valence-corrected chi connectivity index (χ2v) is 13.2. The third-order valence-electron chi connectivity index (χ3n) is 11.8. The van der Waals surface area contributed by atoms with Gasteiger partial charge in [-0.15, -0.1) is 0 Å². The van der Waals surface area contributed by atoms with E-state index in [9.17, 15) is 20.1 Å². The lowest BCUT2D eigenvalue weighted by atomic mass is 9.42. The van der Waals surface area contributed by atoms with Crippen LogP contribution in [0.1, 0.15) is 104 Å². The molecule has 4 aliphatic rings. The summed E-state index contributed by atoms with van der Waals surface area (Å²) in [6.07, 6.45) is 12.0. The smallest absolute Gasteiger partial charge is 0.305 e. The number of nitriles is 2.